The summed E-state index contributed by atoms with van der Waals surface area (Å²) >= 11 is 0. The van der Waals surface area contributed by atoms with Crippen molar-refractivity contribution in [1.29, 1.82) is 5.41 Å². The summed E-state index contributed by atoms with van der Waals surface area (Å²) in [4.78, 5) is 28.2. The number of esters is 1. The van der Waals surface area contributed by atoms with Gasteiger partial charge in [-0.2, -0.15) is 5.10 Å². The van der Waals surface area contributed by atoms with Crippen molar-refractivity contribution in [1.82, 2.24) is 19.7 Å². The fraction of sp³-hybridized carbons (Fsp3) is 0.429. The number of amidine groups is 1. The Hall–Kier alpha value is -4.39. The number of carbonyl (C=O) groups excluding carboxylic acids is 1. The summed E-state index contributed by atoms with van der Waals surface area (Å²) in [6.45, 7) is 2.24. The van der Waals surface area contributed by atoms with Gasteiger partial charge < -0.3 is 24.9 Å². The number of hydrogen-bond acceptors (Lipinski definition) is 10. The average molecular weight is 565 g/mol. The van der Waals surface area contributed by atoms with E-state index in [0.29, 0.717) is 36.8 Å². The molecule has 5 rings (SSSR count). The first kappa shape index (κ1) is 28.1. The molecule has 1 atom stereocenters. The number of nitrogens with zero attached hydrogens (tertiary/aromatic N) is 6. The second-order valence-electron chi connectivity index (χ2n) is 9.98. The summed E-state index contributed by atoms with van der Waals surface area (Å²) in [6, 6.07) is 4.82. The minimum atomic E-state index is -0.686. The molecule has 3 N–H and O–H groups in total. The normalized spacial score (nSPS) is 17.2. The molecule has 12 nitrogen and oxygen atoms in total. The number of halogens is 1. The van der Waals surface area contributed by atoms with Gasteiger partial charge in [-0.1, -0.05) is 23.4 Å². The average Bonchev–Trinajstić information content (AvgIpc) is 3.46. The lowest BCUT2D eigenvalue weighted by molar-refractivity contribution is -0.143. The molecule has 41 heavy (non-hydrogen) atoms. The van der Waals surface area contributed by atoms with Crippen LogP contribution in [0.15, 0.2) is 48.1 Å². The Morgan fingerprint density at radius 2 is 1.98 bits per heavy atom. The van der Waals surface area contributed by atoms with E-state index in [0.717, 1.165) is 50.0 Å². The van der Waals surface area contributed by atoms with Crippen LogP contribution in [0.1, 0.15) is 55.9 Å². The molecule has 0 spiro atoms. The van der Waals surface area contributed by atoms with E-state index in [1.165, 1.54) is 6.07 Å². The van der Waals surface area contributed by atoms with Gasteiger partial charge in [-0.3, -0.25) is 10.2 Å². The van der Waals surface area contributed by atoms with Gasteiger partial charge in [-0.25, -0.2) is 19.0 Å². The summed E-state index contributed by atoms with van der Waals surface area (Å²) in [5.41, 5.74) is 8.15. The molecule has 0 saturated carbocycles. The van der Waals surface area contributed by atoms with Crippen LogP contribution in [0, 0.1) is 11.2 Å². The topological polar surface area (TPSA) is 154 Å². The Balaban J connectivity index is 1.11. The number of nitrogens with two attached hydrogens (primary N) is 1. The molecule has 216 valence electrons. The van der Waals surface area contributed by atoms with Crippen molar-refractivity contribution in [3.8, 4) is 11.1 Å². The molecule has 1 aromatic carbocycles. The van der Waals surface area contributed by atoms with Gasteiger partial charge in [-0.05, 0) is 19.3 Å². The van der Waals surface area contributed by atoms with E-state index >= 15 is 4.39 Å². The Bertz CT molecular complexity index is 1380. The van der Waals surface area contributed by atoms with E-state index in [2.05, 4.69) is 25.1 Å². The zero-order chi connectivity index (χ0) is 28.6. The van der Waals surface area contributed by atoms with Crippen LogP contribution in [0.25, 0.3) is 11.1 Å². The van der Waals surface area contributed by atoms with Crippen LogP contribution >= 0.6 is 0 Å². The molecule has 1 unspecified atom stereocenters. The van der Waals surface area contributed by atoms with Crippen molar-refractivity contribution >= 4 is 23.5 Å². The highest BCUT2D eigenvalue weighted by Gasteiger charge is 2.20. The van der Waals surface area contributed by atoms with Crippen molar-refractivity contribution in [3.63, 3.8) is 0 Å². The summed E-state index contributed by atoms with van der Waals surface area (Å²) < 4.78 is 27.8. The molecular formula is C28H33FN8O4. The molecule has 13 heteroatoms. The number of piperidine rings is 1. The van der Waals surface area contributed by atoms with E-state index in [9.17, 15) is 4.79 Å². The molecule has 0 amide bonds. The standard InChI is InChI=1S/C28H33FN8O4/c29-27-20(18-40-26(38)12-24(30)31)4-3-5-23(27)21-14-32-28(33-15-21)36-9-7-22(8-10-36)35-41-17-19-13-34-37(16-19)25-6-1-2-11-39-25/h3-5,13-16,25H,1-2,6-12,17-18H2,(H3,30,31). The smallest absolute Gasteiger partial charge is 0.313 e. The number of ether oxygens (including phenoxy) is 2. The van der Waals surface area contributed by atoms with E-state index in [4.69, 9.17) is 25.5 Å². The van der Waals surface area contributed by atoms with Crippen molar-refractivity contribution in [2.45, 2.75) is 58.0 Å². The first-order valence-electron chi connectivity index (χ1n) is 13.6. The third-order valence-electron chi connectivity index (χ3n) is 6.91. The van der Waals surface area contributed by atoms with Crippen LogP contribution in [0.2, 0.25) is 0 Å². The lowest BCUT2D eigenvalue weighted by Crippen LogP contribution is -2.35. The van der Waals surface area contributed by atoms with Gasteiger partial charge in [-0.15, -0.1) is 0 Å². The van der Waals surface area contributed by atoms with E-state index in [1.807, 2.05) is 10.9 Å². The predicted octanol–water partition coefficient (Wildman–Crippen LogP) is 3.72. The molecule has 0 radical (unpaired) electrons. The third-order valence-corrected chi connectivity index (χ3v) is 6.91. The lowest BCUT2D eigenvalue weighted by Gasteiger charge is -2.27. The van der Waals surface area contributed by atoms with Gasteiger partial charge in [0.05, 0.1) is 11.9 Å². The fourth-order valence-corrected chi connectivity index (χ4v) is 4.70. The summed E-state index contributed by atoms with van der Waals surface area (Å²) in [5, 5.41) is 15.9. The molecule has 2 fully saturated rings. The van der Waals surface area contributed by atoms with Crippen LogP contribution in [0.5, 0.6) is 0 Å². The number of oxime groups is 1. The molecule has 2 aromatic heterocycles. The molecule has 3 aromatic rings. The zero-order valence-corrected chi connectivity index (χ0v) is 22.7. The monoisotopic (exact) mass is 564 g/mol. The van der Waals surface area contributed by atoms with Crippen LogP contribution in [0.4, 0.5) is 10.3 Å². The van der Waals surface area contributed by atoms with Crippen LogP contribution in [-0.4, -0.2) is 57.0 Å². The SMILES string of the molecule is N=C(N)CC(=O)OCc1cccc(-c2cnc(N3CCC(=NOCc4cnn(C5CCCCO5)c4)CC3)nc2)c1F. The quantitative estimate of drug-likeness (QED) is 0.162. The minimum Gasteiger partial charge on any atom is -0.460 e. The van der Waals surface area contributed by atoms with Gasteiger partial charge in [0.15, 0.2) is 0 Å². The maximum absolute atomic E-state index is 15.1. The summed E-state index contributed by atoms with van der Waals surface area (Å²) in [6.07, 6.45) is 11.2. The maximum Gasteiger partial charge on any atom is 0.313 e. The van der Waals surface area contributed by atoms with Crippen molar-refractivity contribution in [2.24, 2.45) is 10.9 Å². The highest BCUT2D eigenvalue weighted by atomic mass is 19.1. The second kappa shape index (κ2) is 13.3. The molecule has 2 saturated heterocycles. The van der Waals surface area contributed by atoms with Crippen LogP contribution in [0.3, 0.4) is 0 Å². The number of carbonyl (C=O) groups is 1. The van der Waals surface area contributed by atoms with Crippen LogP contribution < -0.4 is 10.6 Å². The Morgan fingerprint density at radius 3 is 2.71 bits per heavy atom. The molecule has 2 aliphatic rings. The van der Waals surface area contributed by atoms with Crippen LogP contribution in [-0.2, 0) is 32.3 Å². The van der Waals surface area contributed by atoms with Gasteiger partial charge in [0.2, 0.25) is 5.95 Å². The number of anilines is 1. The highest BCUT2D eigenvalue weighted by Crippen LogP contribution is 2.26. The number of hydrogen-bond donors (Lipinski definition) is 2. The number of benzene rings is 1. The Morgan fingerprint density at radius 1 is 1.17 bits per heavy atom. The van der Waals surface area contributed by atoms with E-state index in [1.54, 1.807) is 30.7 Å². The van der Waals surface area contributed by atoms with Gasteiger partial charge in [0.1, 0.15) is 37.5 Å². The Kier molecular flexibility index (Phi) is 9.14. The first-order valence-corrected chi connectivity index (χ1v) is 13.6. The van der Waals surface area contributed by atoms with Gasteiger partial charge >= 0.3 is 5.97 Å². The van der Waals surface area contributed by atoms with E-state index < -0.39 is 11.8 Å². The van der Waals surface area contributed by atoms with Crippen molar-refractivity contribution < 1.29 is 23.5 Å². The largest absolute Gasteiger partial charge is 0.460 e. The zero-order valence-electron chi connectivity index (χ0n) is 22.7. The summed E-state index contributed by atoms with van der Waals surface area (Å²) in [7, 11) is 0. The maximum atomic E-state index is 15.1. The molecular weight excluding hydrogens is 531 g/mol. The van der Waals surface area contributed by atoms with Gasteiger partial charge in [0.25, 0.3) is 0 Å². The number of aromatic nitrogens is 4. The minimum absolute atomic E-state index is 0.00418. The molecule has 0 aliphatic carbocycles. The fourth-order valence-electron chi connectivity index (χ4n) is 4.70. The molecule has 0 bridgehead atoms. The first-order chi connectivity index (χ1) is 20.0. The van der Waals surface area contributed by atoms with Crippen molar-refractivity contribution in [2.75, 3.05) is 24.6 Å². The molecule has 4 heterocycles. The second-order valence-corrected chi connectivity index (χ2v) is 9.98. The summed E-state index contributed by atoms with van der Waals surface area (Å²) in [5.74, 6) is -0.959. The Labute approximate surface area is 236 Å². The third kappa shape index (κ3) is 7.42. The van der Waals surface area contributed by atoms with E-state index in [-0.39, 0.29) is 30.7 Å². The van der Waals surface area contributed by atoms with Crippen molar-refractivity contribution in [3.05, 3.63) is 59.9 Å². The number of rotatable bonds is 10. The predicted molar refractivity (Wildman–Crippen MR) is 148 cm³/mol. The number of nitrogens with one attached hydrogen (secondary N) is 1. The highest BCUT2D eigenvalue weighted by molar-refractivity contribution is 5.94. The van der Waals surface area contributed by atoms with Gasteiger partial charge in [0, 0.05) is 73.4 Å². The molecule has 2 aliphatic heterocycles. The lowest BCUT2D eigenvalue weighted by atomic mass is 10.0.